The fourth-order valence-corrected chi connectivity index (χ4v) is 3.56. The van der Waals surface area contributed by atoms with E-state index in [1.54, 1.807) is 6.07 Å². The van der Waals surface area contributed by atoms with Gasteiger partial charge in [-0.05, 0) is 49.4 Å². The van der Waals surface area contributed by atoms with Gasteiger partial charge in [0.25, 0.3) is 5.91 Å². The zero-order valence-electron chi connectivity index (χ0n) is 11.0. The van der Waals surface area contributed by atoms with Gasteiger partial charge in [-0.2, -0.15) is 0 Å². The molecule has 2 aromatic rings. The number of hydrogen-bond acceptors (Lipinski definition) is 2. The lowest BCUT2D eigenvalue weighted by Crippen LogP contribution is -2.12. The molecule has 2 nitrogen and oxygen atoms in total. The molecule has 1 aromatic carbocycles. The number of nitrogens with one attached hydrogen (secondary N) is 1. The molecular weight excluding hydrogens is 299 g/mol. The minimum atomic E-state index is -1.58. The van der Waals surface area contributed by atoms with Gasteiger partial charge in [-0.3, -0.25) is 4.79 Å². The normalized spacial score (nSPS) is 13.9. The van der Waals surface area contributed by atoms with Crippen LogP contribution in [0.4, 0.5) is 18.9 Å². The van der Waals surface area contributed by atoms with Crippen molar-refractivity contribution in [3.05, 3.63) is 51.0 Å². The molecule has 3 rings (SSSR count). The van der Waals surface area contributed by atoms with Crippen molar-refractivity contribution in [2.75, 3.05) is 5.32 Å². The molecule has 0 bridgehead atoms. The molecule has 0 spiro atoms. The zero-order valence-corrected chi connectivity index (χ0v) is 11.8. The summed E-state index contributed by atoms with van der Waals surface area (Å²) in [5.41, 5.74) is 0.799. The lowest BCUT2D eigenvalue weighted by molar-refractivity contribution is 0.103. The molecule has 1 aliphatic rings. The summed E-state index contributed by atoms with van der Waals surface area (Å²) in [7, 11) is 0. The van der Waals surface area contributed by atoms with E-state index < -0.39 is 23.4 Å². The molecule has 6 heteroatoms. The number of fused-ring (bicyclic) bond motifs is 1. The van der Waals surface area contributed by atoms with E-state index in [0.717, 1.165) is 43.4 Å². The van der Waals surface area contributed by atoms with Crippen LogP contribution in [-0.4, -0.2) is 5.91 Å². The standard InChI is InChI=1S/C15H12F3NOS/c16-9-5-6-10(14(18)13(9)17)19-15(20)12-7-8-3-1-2-4-11(8)21-12/h5-7H,1-4H2,(H,19,20). The van der Waals surface area contributed by atoms with Crippen LogP contribution < -0.4 is 5.32 Å². The van der Waals surface area contributed by atoms with Gasteiger partial charge in [0.1, 0.15) is 0 Å². The van der Waals surface area contributed by atoms with Gasteiger partial charge >= 0.3 is 0 Å². The SMILES string of the molecule is O=C(Nc1ccc(F)c(F)c1F)c1cc2c(s1)CCCC2. The zero-order chi connectivity index (χ0) is 15.0. The molecule has 0 saturated heterocycles. The van der Waals surface area contributed by atoms with E-state index in [9.17, 15) is 18.0 Å². The third kappa shape index (κ3) is 2.68. The highest BCUT2D eigenvalue weighted by atomic mass is 32.1. The van der Waals surface area contributed by atoms with Crippen LogP contribution in [-0.2, 0) is 12.8 Å². The Morgan fingerprint density at radius 1 is 1.10 bits per heavy atom. The largest absolute Gasteiger partial charge is 0.319 e. The van der Waals surface area contributed by atoms with Gasteiger partial charge in [0.2, 0.25) is 0 Å². The fraction of sp³-hybridized carbons (Fsp3) is 0.267. The molecule has 1 aliphatic carbocycles. The molecule has 0 aliphatic heterocycles. The summed E-state index contributed by atoms with van der Waals surface area (Å²) in [6, 6.07) is 3.60. The number of carbonyl (C=O) groups excluding carboxylic acids is 1. The molecule has 0 saturated carbocycles. The highest BCUT2D eigenvalue weighted by molar-refractivity contribution is 7.14. The Bertz CT molecular complexity index is 688. The summed E-state index contributed by atoms with van der Waals surface area (Å²) in [6.45, 7) is 0. The predicted molar refractivity (Wildman–Crippen MR) is 75.2 cm³/mol. The molecule has 0 fully saturated rings. The second kappa shape index (κ2) is 5.52. The highest BCUT2D eigenvalue weighted by Crippen LogP contribution is 2.30. The summed E-state index contributed by atoms with van der Waals surface area (Å²) < 4.78 is 39.5. The van der Waals surface area contributed by atoms with Crippen LogP contribution in [0.15, 0.2) is 18.2 Å². The Kier molecular flexibility index (Phi) is 3.71. The van der Waals surface area contributed by atoms with E-state index in [2.05, 4.69) is 5.32 Å². The Labute approximate surface area is 123 Å². The van der Waals surface area contributed by atoms with Crippen LogP contribution in [0.2, 0.25) is 0 Å². The Balaban J connectivity index is 1.83. The number of amides is 1. The number of thiophene rings is 1. The van der Waals surface area contributed by atoms with Crippen molar-refractivity contribution in [2.45, 2.75) is 25.7 Å². The number of rotatable bonds is 2. The minimum Gasteiger partial charge on any atom is -0.319 e. The second-order valence-electron chi connectivity index (χ2n) is 4.94. The average Bonchev–Trinajstić information content (AvgIpc) is 2.92. The molecule has 0 radical (unpaired) electrons. The van der Waals surface area contributed by atoms with Gasteiger partial charge in [-0.25, -0.2) is 13.2 Å². The van der Waals surface area contributed by atoms with E-state index in [1.165, 1.54) is 16.2 Å². The van der Waals surface area contributed by atoms with Crippen LogP contribution in [0.25, 0.3) is 0 Å². The first-order chi connectivity index (χ1) is 10.1. The van der Waals surface area contributed by atoms with E-state index in [1.807, 2.05) is 0 Å². The van der Waals surface area contributed by atoms with Gasteiger partial charge in [0.05, 0.1) is 10.6 Å². The van der Waals surface area contributed by atoms with Crippen LogP contribution in [0.1, 0.15) is 33.0 Å². The van der Waals surface area contributed by atoms with Crippen LogP contribution >= 0.6 is 11.3 Å². The van der Waals surface area contributed by atoms with Crippen LogP contribution in [0.3, 0.4) is 0 Å². The van der Waals surface area contributed by atoms with Crippen molar-refractivity contribution >= 4 is 22.9 Å². The molecule has 1 aromatic heterocycles. The smallest absolute Gasteiger partial charge is 0.265 e. The number of halogens is 3. The summed E-state index contributed by atoms with van der Waals surface area (Å²) >= 11 is 1.37. The maximum absolute atomic E-state index is 13.5. The summed E-state index contributed by atoms with van der Waals surface area (Å²) in [6.07, 6.45) is 4.10. The van der Waals surface area contributed by atoms with Crippen molar-refractivity contribution in [1.82, 2.24) is 0 Å². The van der Waals surface area contributed by atoms with Gasteiger partial charge in [0, 0.05) is 4.88 Å². The second-order valence-corrected chi connectivity index (χ2v) is 6.08. The number of benzene rings is 1. The number of carbonyl (C=O) groups is 1. The van der Waals surface area contributed by atoms with E-state index >= 15 is 0 Å². The van der Waals surface area contributed by atoms with Crippen molar-refractivity contribution in [1.29, 1.82) is 0 Å². The lowest BCUT2D eigenvalue weighted by Gasteiger charge is -2.08. The third-order valence-corrected chi connectivity index (χ3v) is 4.74. The molecule has 1 N–H and O–H groups in total. The summed E-state index contributed by atoms with van der Waals surface area (Å²) in [5, 5.41) is 2.29. The molecule has 1 heterocycles. The van der Waals surface area contributed by atoms with Gasteiger partial charge in [-0.15, -0.1) is 11.3 Å². The first-order valence-corrected chi connectivity index (χ1v) is 7.44. The third-order valence-electron chi connectivity index (χ3n) is 3.50. The molecule has 110 valence electrons. The number of anilines is 1. The van der Waals surface area contributed by atoms with Crippen molar-refractivity contribution in [3.8, 4) is 0 Å². The predicted octanol–water partition coefficient (Wildman–Crippen LogP) is 4.30. The highest BCUT2D eigenvalue weighted by Gasteiger charge is 2.20. The average molecular weight is 311 g/mol. The summed E-state index contributed by atoms with van der Waals surface area (Å²) in [5.74, 6) is -4.75. The molecule has 0 atom stereocenters. The van der Waals surface area contributed by atoms with Crippen LogP contribution in [0.5, 0.6) is 0 Å². The summed E-state index contributed by atoms with van der Waals surface area (Å²) in [4.78, 5) is 13.7. The molecule has 1 amide bonds. The molecule has 21 heavy (non-hydrogen) atoms. The van der Waals surface area contributed by atoms with Gasteiger partial charge in [0.15, 0.2) is 17.5 Å². The van der Waals surface area contributed by atoms with Crippen molar-refractivity contribution < 1.29 is 18.0 Å². The Hall–Kier alpha value is -1.82. The monoisotopic (exact) mass is 311 g/mol. The maximum atomic E-state index is 13.5. The minimum absolute atomic E-state index is 0.356. The Morgan fingerprint density at radius 2 is 1.86 bits per heavy atom. The maximum Gasteiger partial charge on any atom is 0.265 e. The Morgan fingerprint density at radius 3 is 2.62 bits per heavy atom. The quantitative estimate of drug-likeness (QED) is 0.823. The molecular formula is C15H12F3NOS. The van der Waals surface area contributed by atoms with E-state index in [4.69, 9.17) is 0 Å². The van der Waals surface area contributed by atoms with E-state index in [0.29, 0.717) is 4.88 Å². The molecule has 0 unspecified atom stereocenters. The van der Waals surface area contributed by atoms with Gasteiger partial charge < -0.3 is 5.32 Å². The van der Waals surface area contributed by atoms with E-state index in [-0.39, 0.29) is 5.69 Å². The van der Waals surface area contributed by atoms with Gasteiger partial charge in [-0.1, -0.05) is 0 Å². The first-order valence-electron chi connectivity index (χ1n) is 6.62. The van der Waals surface area contributed by atoms with Crippen molar-refractivity contribution in [3.63, 3.8) is 0 Å². The number of hydrogen-bond donors (Lipinski definition) is 1. The topological polar surface area (TPSA) is 29.1 Å². The first kappa shape index (κ1) is 14.1. The fourth-order valence-electron chi connectivity index (χ4n) is 2.41. The lowest BCUT2D eigenvalue weighted by atomic mass is 9.99. The number of aryl methyl sites for hydroxylation is 2. The van der Waals surface area contributed by atoms with Crippen LogP contribution in [0, 0.1) is 17.5 Å². The van der Waals surface area contributed by atoms with Crippen molar-refractivity contribution in [2.24, 2.45) is 0 Å².